The number of hydrogen-bond donors (Lipinski definition) is 2. The topological polar surface area (TPSA) is 116 Å². The highest BCUT2D eigenvalue weighted by molar-refractivity contribution is 7.84. The fourth-order valence-corrected chi connectivity index (χ4v) is 6.81. The average molecular weight is 609 g/mol. The van der Waals surface area contributed by atoms with Gasteiger partial charge < -0.3 is 15.2 Å². The highest BCUT2D eigenvalue weighted by atomic mass is 32.2. The molecule has 44 heavy (non-hydrogen) atoms. The van der Waals surface area contributed by atoms with Gasteiger partial charge in [0.2, 0.25) is 0 Å². The van der Waals surface area contributed by atoms with Crippen LogP contribution in [0.1, 0.15) is 66.0 Å². The first-order valence-electron chi connectivity index (χ1n) is 14.5. The SMILES string of the molecule is COc1ccc(CNC(=O)c2cc3c(c(-c4cccc(-c5ccc(C#N)cc5)c4)n2)[C@H](CCO)N([S@@](=O)C(C)(C)C)C3)cc1. The van der Waals surface area contributed by atoms with Gasteiger partial charge >= 0.3 is 0 Å². The van der Waals surface area contributed by atoms with Crippen molar-refractivity contribution >= 4 is 16.9 Å². The van der Waals surface area contributed by atoms with Gasteiger partial charge in [-0.25, -0.2) is 13.5 Å². The van der Waals surface area contributed by atoms with Gasteiger partial charge in [-0.2, -0.15) is 5.26 Å². The Kier molecular flexibility index (Phi) is 9.25. The van der Waals surface area contributed by atoms with Crippen molar-refractivity contribution < 1.29 is 18.8 Å². The van der Waals surface area contributed by atoms with Crippen LogP contribution in [0.4, 0.5) is 0 Å². The summed E-state index contributed by atoms with van der Waals surface area (Å²) in [5.41, 5.74) is 6.81. The van der Waals surface area contributed by atoms with Crippen molar-refractivity contribution in [1.82, 2.24) is 14.6 Å². The van der Waals surface area contributed by atoms with Crippen LogP contribution in [0.15, 0.2) is 78.9 Å². The first kappa shape index (κ1) is 31.1. The number of pyridine rings is 1. The fraction of sp³-hybridized carbons (Fsp3) is 0.286. The normalized spacial score (nSPS) is 15.3. The lowest BCUT2D eigenvalue weighted by Crippen LogP contribution is -2.36. The molecule has 0 saturated carbocycles. The highest BCUT2D eigenvalue weighted by Crippen LogP contribution is 2.44. The van der Waals surface area contributed by atoms with Crippen LogP contribution < -0.4 is 10.1 Å². The molecule has 4 aromatic rings. The number of aliphatic hydroxyl groups excluding tert-OH is 1. The molecule has 0 bridgehead atoms. The molecule has 0 saturated heterocycles. The third kappa shape index (κ3) is 6.58. The molecule has 0 fully saturated rings. The summed E-state index contributed by atoms with van der Waals surface area (Å²) in [5, 5.41) is 22.3. The first-order chi connectivity index (χ1) is 21.1. The Morgan fingerprint density at radius 3 is 2.41 bits per heavy atom. The number of aromatic nitrogens is 1. The number of nitriles is 1. The van der Waals surface area contributed by atoms with Gasteiger partial charge in [0.25, 0.3) is 5.91 Å². The minimum absolute atomic E-state index is 0.0865. The number of carbonyl (C=O) groups excluding carboxylic acids is 1. The van der Waals surface area contributed by atoms with Crippen molar-refractivity contribution in [2.45, 2.75) is 51.1 Å². The molecule has 0 radical (unpaired) electrons. The van der Waals surface area contributed by atoms with Crippen molar-refractivity contribution in [3.8, 4) is 34.2 Å². The largest absolute Gasteiger partial charge is 0.497 e. The Bertz CT molecular complexity index is 1720. The minimum Gasteiger partial charge on any atom is -0.497 e. The van der Waals surface area contributed by atoms with Gasteiger partial charge in [-0.15, -0.1) is 0 Å². The summed E-state index contributed by atoms with van der Waals surface area (Å²) in [5.74, 6) is 0.421. The zero-order chi connectivity index (χ0) is 31.4. The van der Waals surface area contributed by atoms with Crippen molar-refractivity contribution in [3.05, 3.63) is 107 Å². The fourth-order valence-electron chi connectivity index (χ4n) is 5.41. The number of nitrogens with one attached hydrogen (secondary N) is 1. The lowest BCUT2D eigenvalue weighted by Gasteiger charge is -2.30. The molecule has 5 rings (SSSR count). The Morgan fingerprint density at radius 1 is 1.07 bits per heavy atom. The third-order valence-corrected chi connectivity index (χ3v) is 9.48. The van der Waals surface area contributed by atoms with Gasteiger partial charge in [0.05, 0.1) is 35.2 Å². The van der Waals surface area contributed by atoms with Crippen LogP contribution in [0.5, 0.6) is 5.75 Å². The number of amides is 1. The lowest BCUT2D eigenvalue weighted by molar-refractivity contribution is 0.0946. The summed E-state index contributed by atoms with van der Waals surface area (Å²) in [7, 11) is 0.245. The van der Waals surface area contributed by atoms with Gasteiger partial charge in [-0.3, -0.25) is 4.79 Å². The standard InChI is InChI=1S/C35H36N4O4S/c1-35(2,3)44(42)39-22-28-19-30(34(41)37-21-24-10-14-29(43-4)15-11-24)38-33(32(28)31(39)16-17-40)27-7-5-6-26(18-27)25-12-8-23(20-36)9-13-25/h5-15,18-19,31,40H,16-17,21-22H2,1-4H3,(H,37,41)/t31-,44-/m0/s1. The van der Waals surface area contributed by atoms with E-state index in [2.05, 4.69) is 11.4 Å². The molecule has 1 aromatic heterocycles. The van der Waals surface area contributed by atoms with E-state index in [0.717, 1.165) is 39.1 Å². The molecule has 226 valence electrons. The summed E-state index contributed by atoms with van der Waals surface area (Å²) in [6.45, 7) is 6.39. The van der Waals surface area contributed by atoms with Crippen LogP contribution in [0.25, 0.3) is 22.4 Å². The van der Waals surface area contributed by atoms with E-state index in [1.165, 1.54) is 0 Å². The predicted molar refractivity (Wildman–Crippen MR) is 172 cm³/mol. The van der Waals surface area contributed by atoms with Gasteiger partial charge in [0.15, 0.2) is 0 Å². The summed E-state index contributed by atoms with van der Waals surface area (Å²) in [6.07, 6.45) is 0.377. The number of ether oxygens (including phenoxy) is 1. The number of nitrogens with zero attached hydrogens (tertiary/aromatic N) is 3. The second-order valence-corrected chi connectivity index (χ2v) is 13.9. The van der Waals surface area contributed by atoms with Crippen LogP contribution in [0.3, 0.4) is 0 Å². The molecular formula is C35H36N4O4S. The Balaban J connectivity index is 1.57. The Labute approximate surface area is 260 Å². The summed E-state index contributed by atoms with van der Waals surface area (Å²) < 4.78 is 20.3. The van der Waals surface area contributed by atoms with Crippen molar-refractivity contribution in [1.29, 1.82) is 5.26 Å². The number of aliphatic hydroxyl groups is 1. The maximum absolute atomic E-state index is 13.7. The third-order valence-electron chi connectivity index (χ3n) is 7.62. The summed E-state index contributed by atoms with van der Waals surface area (Å²) >= 11 is 0. The number of carbonyl (C=O) groups is 1. The van der Waals surface area contributed by atoms with Gasteiger partial charge in [0, 0.05) is 30.8 Å². The van der Waals surface area contributed by atoms with E-state index in [4.69, 9.17) is 9.72 Å². The molecule has 2 atom stereocenters. The number of rotatable bonds is 9. The second kappa shape index (κ2) is 13.1. The molecule has 3 aromatic carbocycles. The van der Waals surface area contributed by atoms with Crippen molar-refractivity contribution in [2.75, 3.05) is 13.7 Å². The molecule has 1 aliphatic rings. The number of benzene rings is 3. The highest BCUT2D eigenvalue weighted by Gasteiger charge is 2.40. The Morgan fingerprint density at radius 2 is 1.77 bits per heavy atom. The maximum atomic E-state index is 13.7. The molecule has 8 nitrogen and oxygen atoms in total. The van der Waals surface area contributed by atoms with Gasteiger partial charge in [-0.05, 0) is 85.8 Å². The molecule has 0 spiro atoms. The van der Waals surface area contributed by atoms with E-state index in [0.29, 0.717) is 30.8 Å². The van der Waals surface area contributed by atoms with E-state index in [1.807, 2.05) is 85.7 Å². The summed E-state index contributed by atoms with van der Waals surface area (Å²) in [4.78, 5) is 18.4. The van der Waals surface area contributed by atoms with E-state index in [9.17, 15) is 19.4 Å². The number of methoxy groups -OCH3 is 1. The molecule has 1 aliphatic heterocycles. The molecule has 2 heterocycles. The molecule has 2 N–H and O–H groups in total. The van der Waals surface area contributed by atoms with E-state index in [-0.39, 0.29) is 24.2 Å². The maximum Gasteiger partial charge on any atom is 0.270 e. The van der Waals surface area contributed by atoms with Crippen LogP contribution in [0, 0.1) is 11.3 Å². The second-order valence-electron chi connectivity index (χ2n) is 11.7. The van der Waals surface area contributed by atoms with Crippen LogP contribution in [-0.2, 0) is 24.1 Å². The smallest absolute Gasteiger partial charge is 0.270 e. The zero-order valence-corrected chi connectivity index (χ0v) is 26.1. The minimum atomic E-state index is -1.36. The molecule has 0 aliphatic carbocycles. The molecule has 9 heteroatoms. The number of fused-ring (bicyclic) bond motifs is 1. The average Bonchev–Trinajstić information content (AvgIpc) is 3.40. The predicted octanol–water partition coefficient (Wildman–Crippen LogP) is 5.93. The van der Waals surface area contributed by atoms with Crippen LogP contribution in [-0.4, -0.2) is 43.0 Å². The monoisotopic (exact) mass is 608 g/mol. The van der Waals surface area contributed by atoms with Crippen molar-refractivity contribution in [2.24, 2.45) is 0 Å². The molecule has 0 unspecified atom stereocenters. The van der Waals surface area contributed by atoms with Gasteiger partial charge in [-0.1, -0.05) is 42.5 Å². The summed E-state index contributed by atoms with van der Waals surface area (Å²) in [6, 6.07) is 26.4. The quantitative estimate of drug-likeness (QED) is 0.244. The lowest BCUT2D eigenvalue weighted by atomic mass is 9.94. The molecule has 1 amide bonds. The van der Waals surface area contributed by atoms with Crippen molar-refractivity contribution in [3.63, 3.8) is 0 Å². The van der Waals surface area contributed by atoms with E-state index in [1.54, 1.807) is 25.3 Å². The first-order valence-corrected chi connectivity index (χ1v) is 15.6. The Hall–Kier alpha value is -4.36. The zero-order valence-electron chi connectivity index (χ0n) is 25.3. The van der Waals surface area contributed by atoms with E-state index < -0.39 is 15.7 Å². The van der Waals surface area contributed by atoms with E-state index >= 15 is 0 Å². The van der Waals surface area contributed by atoms with Gasteiger partial charge in [0.1, 0.15) is 22.4 Å². The molecular weight excluding hydrogens is 572 g/mol. The van der Waals surface area contributed by atoms with Crippen LogP contribution in [0.2, 0.25) is 0 Å². The number of hydrogen-bond acceptors (Lipinski definition) is 6. The van der Waals surface area contributed by atoms with Crippen LogP contribution >= 0.6 is 0 Å².